The number of rotatable bonds is 4. The van der Waals surface area contributed by atoms with Crippen molar-refractivity contribution in [2.45, 2.75) is 25.1 Å². The highest BCUT2D eigenvalue weighted by Gasteiger charge is 2.37. The van der Waals surface area contributed by atoms with Crippen molar-refractivity contribution in [2.75, 3.05) is 0 Å². The second kappa shape index (κ2) is 7.30. The highest BCUT2D eigenvalue weighted by Crippen LogP contribution is 2.37. The van der Waals surface area contributed by atoms with E-state index in [0.717, 1.165) is 41.3 Å². The molecule has 0 radical (unpaired) electrons. The number of ketones is 1. The Morgan fingerprint density at radius 2 is 1.71 bits per heavy atom. The second-order valence-electron chi connectivity index (χ2n) is 7.71. The monoisotopic (exact) mass is 421 g/mol. The maximum atomic E-state index is 13.2. The van der Waals surface area contributed by atoms with Crippen molar-refractivity contribution in [3.05, 3.63) is 95.1 Å². The molecule has 0 bridgehead atoms. The fourth-order valence-corrected chi connectivity index (χ4v) is 3.67. The van der Waals surface area contributed by atoms with E-state index in [1.54, 1.807) is 6.08 Å². The molecular formula is C25H18F3NO2. The molecule has 0 unspecified atom stereocenters. The van der Waals surface area contributed by atoms with Crippen LogP contribution in [0.1, 0.15) is 29.5 Å². The van der Waals surface area contributed by atoms with Crippen LogP contribution in [0.25, 0.3) is 22.4 Å². The summed E-state index contributed by atoms with van der Waals surface area (Å²) < 4.78 is 45.5. The minimum atomic E-state index is -4.50. The van der Waals surface area contributed by atoms with Gasteiger partial charge in [-0.2, -0.15) is 13.2 Å². The van der Waals surface area contributed by atoms with Crippen LogP contribution >= 0.6 is 0 Å². The van der Waals surface area contributed by atoms with Crippen LogP contribution in [-0.4, -0.2) is 11.8 Å². The molecule has 1 aliphatic heterocycles. The van der Waals surface area contributed by atoms with Crippen molar-refractivity contribution in [1.29, 1.82) is 0 Å². The van der Waals surface area contributed by atoms with Crippen molar-refractivity contribution in [2.24, 2.45) is 0 Å². The summed E-state index contributed by atoms with van der Waals surface area (Å²) in [4.78, 5) is 13.2. The number of fused-ring (bicyclic) bond motifs is 1. The summed E-state index contributed by atoms with van der Waals surface area (Å²) in [7, 11) is 0. The van der Waals surface area contributed by atoms with Crippen molar-refractivity contribution >= 4 is 28.2 Å². The Hall–Kier alpha value is -3.54. The smallest absolute Gasteiger partial charge is 0.416 e. The number of carbonyl (C=O) groups is 1. The molecule has 3 aromatic carbocycles. The number of nitrogens with one attached hydrogen (secondary N) is 1. The van der Waals surface area contributed by atoms with Crippen LogP contribution in [0, 0.1) is 0 Å². The van der Waals surface area contributed by atoms with Crippen molar-refractivity contribution < 1.29 is 22.7 Å². The highest BCUT2D eigenvalue weighted by molar-refractivity contribution is 6.31. The molecule has 3 nitrogen and oxygen atoms in total. The average molecular weight is 421 g/mol. The van der Waals surface area contributed by atoms with Crippen LogP contribution < -0.4 is 5.32 Å². The van der Waals surface area contributed by atoms with Gasteiger partial charge < -0.3 is 10.1 Å². The zero-order valence-electron chi connectivity index (χ0n) is 16.4. The van der Waals surface area contributed by atoms with Gasteiger partial charge in [-0.05, 0) is 52.9 Å². The molecule has 0 amide bonds. The molecule has 0 atom stereocenters. The van der Waals surface area contributed by atoms with Crippen LogP contribution in [-0.2, 0) is 15.7 Å². The number of ether oxygens (including phenoxy) is 1. The van der Waals surface area contributed by atoms with Gasteiger partial charge in [-0.25, -0.2) is 0 Å². The number of halogens is 3. The SMILES string of the molecule is O=C1C(c2cccc(C(F)(F)F)c2)=C(NC2CC2)O/C1=C/c1cccc2ccccc12. The topological polar surface area (TPSA) is 38.3 Å². The van der Waals surface area contributed by atoms with E-state index in [9.17, 15) is 18.0 Å². The number of allylic oxidation sites excluding steroid dienone is 1. The van der Waals surface area contributed by atoms with Gasteiger partial charge in [-0.15, -0.1) is 0 Å². The van der Waals surface area contributed by atoms with E-state index in [0.29, 0.717) is 0 Å². The second-order valence-corrected chi connectivity index (χ2v) is 7.71. The first-order valence-electron chi connectivity index (χ1n) is 10.0. The van der Waals surface area contributed by atoms with Gasteiger partial charge >= 0.3 is 6.18 Å². The number of hydrogen-bond donors (Lipinski definition) is 1. The lowest BCUT2D eigenvalue weighted by Crippen LogP contribution is -2.16. The van der Waals surface area contributed by atoms with Crippen LogP contribution in [0.3, 0.4) is 0 Å². The molecule has 0 aromatic heterocycles. The fraction of sp³-hybridized carbons (Fsp3) is 0.160. The summed E-state index contributed by atoms with van der Waals surface area (Å²) >= 11 is 0. The van der Waals surface area contributed by atoms with E-state index in [-0.39, 0.29) is 28.8 Å². The minimum Gasteiger partial charge on any atom is -0.436 e. The maximum absolute atomic E-state index is 13.2. The predicted molar refractivity (Wildman–Crippen MR) is 113 cm³/mol. The minimum absolute atomic E-state index is 0.0897. The van der Waals surface area contributed by atoms with Gasteiger partial charge in [0.15, 0.2) is 5.76 Å². The summed E-state index contributed by atoms with van der Waals surface area (Å²) in [5.74, 6) is -0.124. The van der Waals surface area contributed by atoms with E-state index in [1.807, 2.05) is 42.5 Å². The third-order valence-electron chi connectivity index (χ3n) is 5.39. The van der Waals surface area contributed by atoms with Crippen LogP contribution in [0.15, 0.2) is 78.4 Å². The maximum Gasteiger partial charge on any atom is 0.416 e. The van der Waals surface area contributed by atoms with Crippen LogP contribution in [0.2, 0.25) is 0 Å². The number of hydrogen-bond acceptors (Lipinski definition) is 3. The molecule has 5 rings (SSSR count). The first kappa shape index (κ1) is 19.4. The van der Waals surface area contributed by atoms with E-state index < -0.39 is 17.5 Å². The lowest BCUT2D eigenvalue weighted by Gasteiger charge is -2.10. The normalized spacial score (nSPS) is 18.0. The summed E-state index contributed by atoms with van der Waals surface area (Å²) in [5.41, 5.74) is 0.314. The fourth-order valence-electron chi connectivity index (χ4n) is 3.67. The van der Waals surface area contributed by atoms with Gasteiger partial charge in [-0.3, -0.25) is 4.79 Å². The largest absolute Gasteiger partial charge is 0.436 e. The average Bonchev–Trinajstić information content (AvgIpc) is 3.51. The van der Waals surface area contributed by atoms with Gasteiger partial charge in [0.2, 0.25) is 11.7 Å². The lowest BCUT2D eigenvalue weighted by atomic mass is 9.98. The Labute approximate surface area is 176 Å². The molecule has 2 aliphatic rings. The van der Waals surface area contributed by atoms with Gasteiger partial charge in [0.1, 0.15) is 0 Å². The van der Waals surface area contributed by atoms with Gasteiger partial charge in [0.05, 0.1) is 11.1 Å². The third-order valence-corrected chi connectivity index (χ3v) is 5.39. The molecule has 1 aliphatic carbocycles. The van der Waals surface area contributed by atoms with Crippen LogP contribution in [0.5, 0.6) is 0 Å². The van der Waals surface area contributed by atoms with Crippen molar-refractivity contribution in [3.8, 4) is 0 Å². The Bertz CT molecular complexity index is 1250. The Morgan fingerprint density at radius 3 is 2.48 bits per heavy atom. The van der Waals surface area contributed by atoms with E-state index in [2.05, 4.69) is 5.32 Å². The summed E-state index contributed by atoms with van der Waals surface area (Å²) in [6, 6.07) is 18.5. The number of carbonyl (C=O) groups excluding carboxylic acids is 1. The third kappa shape index (κ3) is 3.81. The van der Waals surface area contributed by atoms with E-state index in [1.165, 1.54) is 12.1 Å². The molecule has 3 aromatic rings. The Balaban J connectivity index is 1.57. The quantitative estimate of drug-likeness (QED) is 0.532. The molecule has 6 heteroatoms. The van der Waals surface area contributed by atoms with Gasteiger partial charge in [-0.1, -0.05) is 54.6 Å². The van der Waals surface area contributed by atoms with Crippen molar-refractivity contribution in [3.63, 3.8) is 0 Å². The van der Waals surface area contributed by atoms with E-state index in [4.69, 9.17) is 4.74 Å². The van der Waals surface area contributed by atoms with E-state index >= 15 is 0 Å². The highest BCUT2D eigenvalue weighted by atomic mass is 19.4. The van der Waals surface area contributed by atoms with Gasteiger partial charge in [0.25, 0.3) is 0 Å². The molecule has 1 heterocycles. The molecule has 0 saturated heterocycles. The van der Waals surface area contributed by atoms with Crippen LogP contribution in [0.4, 0.5) is 13.2 Å². The number of benzene rings is 3. The predicted octanol–water partition coefficient (Wildman–Crippen LogP) is 5.92. The van der Waals surface area contributed by atoms with Gasteiger partial charge in [0, 0.05) is 6.04 Å². The molecule has 0 spiro atoms. The molecular weight excluding hydrogens is 403 g/mol. The molecule has 31 heavy (non-hydrogen) atoms. The zero-order chi connectivity index (χ0) is 21.6. The summed E-state index contributed by atoms with van der Waals surface area (Å²) in [6.07, 6.45) is -0.983. The number of alkyl halides is 3. The summed E-state index contributed by atoms with van der Waals surface area (Å²) in [5, 5.41) is 5.13. The Morgan fingerprint density at radius 1 is 0.968 bits per heavy atom. The molecule has 156 valence electrons. The summed E-state index contributed by atoms with van der Waals surface area (Å²) in [6.45, 7) is 0. The molecule has 1 saturated carbocycles. The number of Topliss-reactive ketones (excluding diaryl/α,β-unsaturated/α-hetero) is 1. The Kier molecular flexibility index (Phi) is 4.58. The first-order chi connectivity index (χ1) is 14.9. The standard InChI is InChI=1S/C25H18F3NO2/c26-25(27,28)18-9-4-8-17(13-18)22-23(30)21(31-24(22)29-19-11-12-19)14-16-7-3-6-15-5-1-2-10-20(15)16/h1-10,13-14,19,29H,11-12H2/b21-14+. The lowest BCUT2D eigenvalue weighted by molar-refractivity contribution is -0.137. The molecule has 1 fully saturated rings. The zero-order valence-corrected chi connectivity index (χ0v) is 16.4. The first-order valence-corrected chi connectivity index (χ1v) is 10.0. The molecule has 1 N–H and O–H groups in total. The van der Waals surface area contributed by atoms with Crippen molar-refractivity contribution in [1.82, 2.24) is 5.32 Å².